The van der Waals surface area contributed by atoms with Gasteiger partial charge in [-0.2, -0.15) is 5.26 Å². The van der Waals surface area contributed by atoms with Gasteiger partial charge in [0.05, 0.1) is 5.97 Å². The lowest BCUT2D eigenvalue weighted by Crippen LogP contribution is -2.22. The fourth-order valence-corrected chi connectivity index (χ4v) is 2.84. The largest absolute Gasteiger partial charge is 0.545 e. The number of carbonyl (C=O) groups excluding carboxylic acids is 2. The van der Waals surface area contributed by atoms with E-state index in [1.807, 2.05) is 25.1 Å². The Morgan fingerprint density at radius 2 is 1.83 bits per heavy atom. The van der Waals surface area contributed by atoms with Crippen LogP contribution in [0.1, 0.15) is 27.2 Å². The highest BCUT2D eigenvalue weighted by Crippen LogP contribution is 2.27. The van der Waals surface area contributed by atoms with Crippen molar-refractivity contribution in [1.29, 1.82) is 5.26 Å². The van der Waals surface area contributed by atoms with Gasteiger partial charge in [-0.1, -0.05) is 30.3 Å². The molecule has 3 aromatic rings. The fraction of sp³-hybridized carbons (Fsp3) is 0.0870. The monoisotopic (exact) mass is 385 g/mol. The van der Waals surface area contributed by atoms with Gasteiger partial charge in [0.15, 0.2) is 0 Å². The van der Waals surface area contributed by atoms with Crippen molar-refractivity contribution in [2.45, 2.75) is 13.8 Å². The van der Waals surface area contributed by atoms with Crippen molar-refractivity contribution in [3.8, 4) is 17.4 Å². The number of para-hydroxylation sites is 1. The lowest BCUT2D eigenvalue weighted by molar-refractivity contribution is -0.255. The molecule has 6 heteroatoms. The van der Waals surface area contributed by atoms with E-state index in [0.29, 0.717) is 28.3 Å². The molecule has 0 atom stereocenters. The van der Waals surface area contributed by atoms with Crippen molar-refractivity contribution in [3.63, 3.8) is 0 Å². The minimum atomic E-state index is -1.25. The molecule has 0 aliphatic heterocycles. The van der Waals surface area contributed by atoms with Crippen molar-refractivity contribution < 1.29 is 19.1 Å². The Morgan fingerprint density at radius 1 is 1.07 bits per heavy atom. The minimum Gasteiger partial charge on any atom is -0.545 e. The zero-order chi connectivity index (χ0) is 21.0. The van der Waals surface area contributed by atoms with E-state index in [4.69, 9.17) is 4.42 Å². The Bertz CT molecular complexity index is 1170. The van der Waals surface area contributed by atoms with Gasteiger partial charge < -0.3 is 19.6 Å². The van der Waals surface area contributed by atoms with Crippen LogP contribution < -0.4 is 10.4 Å². The van der Waals surface area contributed by atoms with Crippen molar-refractivity contribution in [2.75, 3.05) is 5.32 Å². The Morgan fingerprint density at radius 3 is 2.48 bits per heavy atom. The highest BCUT2D eigenvalue weighted by molar-refractivity contribution is 6.09. The molecule has 1 amide bonds. The van der Waals surface area contributed by atoms with Crippen molar-refractivity contribution in [1.82, 2.24) is 0 Å². The molecule has 6 nitrogen and oxygen atoms in total. The molecule has 0 saturated heterocycles. The Balaban J connectivity index is 1.84. The molecule has 0 fully saturated rings. The molecule has 29 heavy (non-hydrogen) atoms. The lowest BCUT2D eigenvalue weighted by Gasteiger charge is -2.07. The standard InChI is InChI=1S/C23H18N2O4/c1-14-5-3-4-6-20(14)25-22(26)17(13-24)12-18-8-10-21(29-18)19-9-7-16(23(27)28)11-15(19)2/h3-12H,1-2H3,(H,25,26)(H,27,28)/p-1/b17-12+. The van der Waals surface area contributed by atoms with Gasteiger partial charge in [-0.05, 0) is 54.8 Å². The lowest BCUT2D eigenvalue weighted by atomic mass is 10.0. The van der Waals surface area contributed by atoms with Crippen LogP contribution in [0.15, 0.2) is 64.6 Å². The predicted molar refractivity (Wildman–Crippen MR) is 107 cm³/mol. The molecule has 0 radical (unpaired) electrons. The molecule has 1 N–H and O–H groups in total. The van der Waals surface area contributed by atoms with Gasteiger partial charge in [-0.3, -0.25) is 4.79 Å². The van der Waals surface area contributed by atoms with E-state index in [9.17, 15) is 20.0 Å². The number of aryl methyl sites for hydroxylation is 2. The number of nitrogens with one attached hydrogen (secondary N) is 1. The SMILES string of the molecule is Cc1ccccc1NC(=O)/C(C#N)=C/c1ccc(-c2ccc(C(=O)[O-])cc2C)o1. The van der Waals surface area contributed by atoms with Crippen LogP contribution in [-0.2, 0) is 4.79 Å². The maximum absolute atomic E-state index is 12.4. The molecule has 0 saturated carbocycles. The number of hydrogen-bond acceptors (Lipinski definition) is 5. The summed E-state index contributed by atoms with van der Waals surface area (Å²) in [6.07, 6.45) is 1.36. The summed E-state index contributed by atoms with van der Waals surface area (Å²) in [6.45, 7) is 3.62. The smallest absolute Gasteiger partial charge is 0.266 e. The quantitative estimate of drug-likeness (QED) is 0.535. The summed E-state index contributed by atoms with van der Waals surface area (Å²) >= 11 is 0. The molecule has 0 bridgehead atoms. The maximum atomic E-state index is 12.4. The Kier molecular flexibility index (Phi) is 5.61. The zero-order valence-corrected chi connectivity index (χ0v) is 15.9. The summed E-state index contributed by atoms with van der Waals surface area (Å²) in [5.74, 6) is -0.953. The topological polar surface area (TPSA) is 106 Å². The van der Waals surface area contributed by atoms with Gasteiger partial charge in [-0.15, -0.1) is 0 Å². The fourth-order valence-electron chi connectivity index (χ4n) is 2.84. The van der Waals surface area contributed by atoms with Gasteiger partial charge in [0.1, 0.15) is 23.2 Å². The molecule has 1 heterocycles. The number of nitrogens with zero attached hydrogens (tertiary/aromatic N) is 1. The molecule has 144 valence electrons. The summed E-state index contributed by atoms with van der Waals surface area (Å²) in [7, 11) is 0. The third kappa shape index (κ3) is 4.42. The summed E-state index contributed by atoms with van der Waals surface area (Å²) in [5.41, 5.74) is 2.90. The van der Waals surface area contributed by atoms with Crippen LogP contribution in [0, 0.1) is 25.2 Å². The zero-order valence-electron chi connectivity index (χ0n) is 15.9. The number of carboxylic acid groups (broad SMARTS) is 1. The second kappa shape index (κ2) is 8.28. The number of hydrogen-bond donors (Lipinski definition) is 1. The average molecular weight is 385 g/mol. The average Bonchev–Trinajstić information content (AvgIpc) is 3.16. The molecular weight excluding hydrogens is 368 g/mol. The molecule has 2 aromatic carbocycles. The van der Waals surface area contributed by atoms with Crippen LogP contribution in [0.5, 0.6) is 0 Å². The first-order valence-corrected chi connectivity index (χ1v) is 8.80. The van der Waals surface area contributed by atoms with E-state index in [1.54, 1.807) is 37.3 Å². The molecule has 0 aliphatic carbocycles. The van der Waals surface area contributed by atoms with Crippen molar-refractivity contribution >= 4 is 23.6 Å². The van der Waals surface area contributed by atoms with Crippen LogP contribution in [0.3, 0.4) is 0 Å². The second-order valence-electron chi connectivity index (χ2n) is 6.46. The Hall–Kier alpha value is -4.11. The summed E-state index contributed by atoms with van der Waals surface area (Å²) in [4.78, 5) is 23.4. The van der Waals surface area contributed by atoms with E-state index in [2.05, 4.69) is 5.32 Å². The van der Waals surface area contributed by atoms with Gasteiger partial charge >= 0.3 is 0 Å². The number of carboxylic acids is 1. The maximum Gasteiger partial charge on any atom is 0.266 e. The van der Waals surface area contributed by atoms with E-state index < -0.39 is 11.9 Å². The van der Waals surface area contributed by atoms with Gasteiger partial charge in [0.25, 0.3) is 5.91 Å². The Labute approximate surface area is 167 Å². The predicted octanol–water partition coefficient (Wildman–Crippen LogP) is 3.47. The summed E-state index contributed by atoms with van der Waals surface area (Å²) < 4.78 is 5.74. The molecular formula is C23H17N2O4-. The van der Waals surface area contributed by atoms with Gasteiger partial charge in [0, 0.05) is 17.3 Å². The van der Waals surface area contributed by atoms with Crippen LogP contribution in [-0.4, -0.2) is 11.9 Å². The number of furan rings is 1. The first kappa shape index (κ1) is 19.6. The van der Waals surface area contributed by atoms with E-state index >= 15 is 0 Å². The van der Waals surface area contributed by atoms with Crippen molar-refractivity contribution in [2.24, 2.45) is 0 Å². The number of anilines is 1. The van der Waals surface area contributed by atoms with Crippen molar-refractivity contribution in [3.05, 3.63) is 82.6 Å². The number of aromatic carboxylic acids is 1. The number of nitriles is 1. The number of rotatable bonds is 5. The number of benzene rings is 2. The van der Waals surface area contributed by atoms with E-state index in [0.717, 1.165) is 5.56 Å². The third-order valence-corrected chi connectivity index (χ3v) is 4.40. The van der Waals surface area contributed by atoms with E-state index in [1.165, 1.54) is 18.2 Å². The van der Waals surface area contributed by atoms with Crippen LogP contribution in [0.25, 0.3) is 17.4 Å². The highest BCUT2D eigenvalue weighted by atomic mass is 16.4. The highest BCUT2D eigenvalue weighted by Gasteiger charge is 2.13. The van der Waals surface area contributed by atoms with Gasteiger partial charge in [0.2, 0.25) is 0 Å². The summed E-state index contributed by atoms with van der Waals surface area (Å²) in [5, 5.41) is 23.1. The molecule has 1 aromatic heterocycles. The second-order valence-corrected chi connectivity index (χ2v) is 6.46. The van der Waals surface area contributed by atoms with Gasteiger partial charge in [-0.25, -0.2) is 0 Å². The first-order chi connectivity index (χ1) is 13.9. The first-order valence-electron chi connectivity index (χ1n) is 8.80. The minimum absolute atomic E-state index is 0.0811. The molecule has 3 rings (SSSR count). The van der Waals surface area contributed by atoms with Crippen LogP contribution in [0.4, 0.5) is 5.69 Å². The molecule has 0 unspecified atom stereocenters. The molecule has 0 spiro atoms. The van der Waals surface area contributed by atoms with E-state index in [-0.39, 0.29) is 11.1 Å². The normalized spacial score (nSPS) is 11.0. The summed E-state index contributed by atoms with van der Waals surface area (Å²) in [6, 6.07) is 17.1. The third-order valence-electron chi connectivity index (χ3n) is 4.40. The molecule has 0 aliphatic rings. The number of amides is 1. The van der Waals surface area contributed by atoms with Crippen LogP contribution in [0.2, 0.25) is 0 Å². The number of carbonyl (C=O) groups is 2. The van der Waals surface area contributed by atoms with Crippen LogP contribution >= 0.6 is 0 Å².